The molecule has 78 valence electrons. The number of hydrogen-bond acceptors (Lipinski definition) is 4. The lowest BCUT2D eigenvalue weighted by Gasteiger charge is -2.43. The number of rotatable bonds is 3. The number of aliphatic hydroxyl groups excluding tert-OH is 2. The van der Waals surface area contributed by atoms with Crippen molar-refractivity contribution >= 4 is 0 Å². The summed E-state index contributed by atoms with van der Waals surface area (Å²) in [6.45, 7) is 6.38. The Morgan fingerprint density at radius 2 is 2.31 bits per heavy atom. The molecule has 0 amide bonds. The van der Waals surface area contributed by atoms with Crippen LogP contribution in [0.5, 0.6) is 0 Å². The van der Waals surface area contributed by atoms with E-state index in [0.717, 1.165) is 6.54 Å². The highest BCUT2D eigenvalue weighted by Crippen LogP contribution is 2.19. The second-order valence-electron chi connectivity index (χ2n) is 4.00. The summed E-state index contributed by atoms with van der Waals surface area (Å²) in [5.41, 5.74) is -0.324. The van der Waals surface area contributed by atoms with E-state index in [1.165, 1.54) is 0 Å². The molecule has 4 heteroatoms. The van der Waals surface area contributed by atoms with Crippen LogP contribution in [0.2, 0.25) is 0 Å². The Bertz CT molecular complexity index is 163. The second kappa shape index (κ2) is 4.37. The maximum atomic E-state index is 9.27. The van der Waals surface area contributed by atoms with Crippen LogP contribution in [-0.2, 0) is 4.74 Å². The van der Waals surface area contributed by atoms with Gasteiger partial charge in [0, 0.05) is 13.1 Å². The number of hydrogen-bond donors (Lipinski definition) is 2. The first-order chi connectivity index (χ1) is 6.08. The third-order valence-corrected chi connectivity index (χ3v) is 2.51. The summed E-state index contributed by atoms with van der Waals surface area (Å²) >= 11 is 0. The van der Waals surface area contributed by atoms with Gasteiger partial charge in [0.15, 0.2) is 0 Å². The zero-order valence-electron chi connectivity index (χ0n) is 8.36. The smallest absolute Gasteiger partial charge is 0.0670 e. The molecule has 4 nitrogen and oxygen atoms in total. The fourth-order valence-electron chi connectivity index (χ4n) is 1.60. The van der Waals surface area contributed by atoms with Crippen LogP contribution in [0, 0.1) is 0 Å². The average molecular weight is 189 g/mol. The molecule has 0 radical (unpaired) electrons. The predicted molar refractivity (Wildman–Crippen MR) is 49.6 cm³/mol. The molecule has 2 N–H and O–H groups in total. The van der Waals surface area contributed by atoms with Crippen LogP contribution in [0.1, 0.15) is 13.8 Å². The molecular formula is C9H19NO3. The third-order valence-electron chi connectivity index (χ3n) is 2.51. The van der Waals surface area contributed by atoms with Gasteiger partial charge in [0.2, 0.25) is 0 Å². The average Bonchev–Trinajstić information content (AvgIpc) is 2.09. The van der Waals surface area contributed by atoms with E-state index < -0.39 is 0 Å². The van der Waals surface area contributed by atoms with Gasteiger partial charge in [0.05, 0.1) is 31.5 Å². The number of β-amino-alcohol motifs (C(OH)–C–C–N with tert-alkyl or cyclic N) is 1. The van der Waals surface area contributed by atoms with Gasteiger partial charge in [0.1, 0.15) is 0 Å². The first-order valence-corrected chi connectivity index (χ1v) is 4.70. The highest BCUT2D eigenvalue weighted by Gasteiger charge is 2.34. The first-order valence-electron chi connectivity index (χ1n) is 4.70. The van der Waals surface area contributed by atoms with E-state index in [1.807, 2.05) is 6.92 Å². The van der Waals surface area contributed by atoms with E-state index >= 15 is 0 Å². The maximum absolute atomic E-state index is 9.27. The lowest BCUT2D eigenvalue weighted by Crippen LogP contribution is -2.58. The van der Waals surface area contributed by atoms with Crippen molar-refractivity contribution < 1.29 is 14.9 Å². The molecule has 0 saturated carbocycles. The Balaban J connectivity index is 2.56. The summed E-state index contributed by atoms with van der Waals surface area (Å²) in [5.74, 6) is 0. The van der Waals surface area contributed by atoms with Crippen LogP contribution in [0.3, 0.4) is 0 Å². The first kappa shape index (κ1) is 10.9. The van der Waals surface area contributed by atoms with E-state index in [4.69, 9.17) is 4.74 Å². The van der Waals surface area contributed by atoms with Gasteiger partial charge in [-0.3, -0.25) is 4.90 Å². The van der Waals surface area contributed by atoms with Crippen molar-refractivity contribution in [3.8, 4) is 0 Å². The van der Waals surface area contributed by atoms with Crippen molar-refractivity contribution in [1.29, 1.82) is 0 Å². The van der Waals surface area contributed by atoms with E-state index in [1.54, 1.807) is 6.92 Å². The molecule has 1 heterocycles. The molecule has 0 aliphatic carbocycles. The lowest BCUT2D eigenvalue weighted by atomic mass is 10.0. The Morgan fingerprint density at radius 1 is 1.62 bits per heavy atom. The zero-order valence-corrected chi connectivity index (χ0v) is 8.36. The molecule has 0 aromatic heterocycles. The van der Waals surface area contributed by atoms with Gasteiger partial charge in [-0.15, -0.1) is 0 Å². The number of morpholine rings is 1. The van der Waals surface area contributed by atoms with Gasteiger partial charge in [-0.25, -0.2) is 0 Å². The summed E-state index contributed by atoms with van der Waals surface area (Å²) in [7, 11) is 0. The van der Waals surface area contributed by atoms with Crippen LogP contribution in [0.4, 0.5) is 0 Å². The summed E-state index contributed by atoms with van der Waals surface area (Å²) in [4.78, 5) is 2.08. The van der Waals surface area contributed by atoms with Gasteiger partial charge in [0.25, 0.3) is 0 Å². The molecule has 1 fully saturated rings. The fraction of sp³-hybridized carbons (Fsp3) is 1.00. The van der Waals surface area contributed by atoms with E-state index in [0.29, 0.717) is 19.8 Å². The van der Waals surface area contributed by atoms with Gasteiger partial charge in [-0.05, 0) is 13.8 Å². The molecular weight excluding hydrogens is 170 g/mol. The Kier molecular flexibility index (Phi) is 3.67. The minimum atomic E-state index is -0.357. The van der Waals surface area contributed by atoms with Crippen molar-refractivity contribution in [2.75, 3.05) is 32.9 Å². The van der Waals surface area contributed by atoms with Gasteiger partial charge in [-0.2, -0.15) is 0 Å². The summed E-state index contributed by atoms with van der Waals surface area (Å²) in [6.07, 6.45) is -0.357. The molecule has 0 aromatic carbocycles. The molecule has 0 aromatic rings. The molecule has 2 unspecified atom stereocenters. The second-order valence-corrected chi connectivity index (χ2v) is 4.00. The van der Waals surface area contributed by atoms with Crippen LogP contribution < -0.4 is 0 Å². The molecule has 2 atom stereocenters. The van der Waals surface area contributed by atoms with Crippen molar-refractivity contribution in [3.63, 3.8) is 0 Å². The molecule has 1 saturated heterocycles. The SMILES string of the molecule is CC(O)CN1CCOCC1(C)CO. The van der Waals surface area contributed by atoms with Crippen molar-refractivity contribution in [1.82, 2.24) is 4.90 Å². The molecule has 1 rings (SSSR count). The normalized spacial score (nSPS) is 33.2. The molecule has 0 bridgehead atoms. The fourth-order valence-corrected chi connectivity index (χ4v) is 1.60. The molecule has 13 heavy (non-hydrogen) atoms. The van der Waals surface area contributed by atoms with Crippen molar-refractivity contribution in [2.45, 2.75) is 25.5 Å². The zero-order chi connectivity index (χ0) is 9.90. The minimum Gasteiger partial charge on any atom is -0.394 e. The molecule has 0 spiro atoms. The Morgan fingerprint density at radius 3 is 2.85 bits per heavy atom. The quantitative estimate of drug-likeness (QED) is 0.625. The van der Waals surface area contributed by atoms with Crippen LogP contribution in [0.25, 0.3) is 0 Å². The van der Waals surface area contributed by atoms with Crippen molar-refractivity contribution in [3.05, 3.63) is 0 Å². The Labute approximate surface area is 79.1 Å². The maximum Gasteiger partial charge on any atom is 0.0670 e. The summed E-state index contributed by atoms with van der Waals surface area (Å²) < 4.78 is 5.30. The van der Waals surface area contributed by atoms with Gasteiger partial charge >= 0.3 is 0 Å². The van der Waals surface area contributed by atoms with E-state index in [2.05, 4.69) is 4.90 Å². The van der Waals surface area contributed by atoms with E-state index in [-0.39, 0.29) is 18.2 Å². The van der Waals surface area contributed by atoms with Crippen LogP contribution in [0.15, 0.2) is 0 Å². The molecule has 1 aliphatic heterocycles. The van der Waals surface area contributed by atoms with Crippen molar-refractivity contribution in [2.24, 2.45) is 0 Å². The third kappa shape index (κ3) is 2.64. The Hall–Kier alpha value is -0.160. The number of ether oxygens (including phenoxy) is 1. The van der Waals surface area contributed by atoms with Crippen LogP contribution >= 0.6 is 0 Å². The largest absolute Gasteiger partial charge is 0.394 e. The molecule has 1 aliphatic rings. The standard InChI is InChI=1S/C9H19NO3/c1-8(12)5-10-3-4-13-7-9(10,2)6-11/h8,11-12H,3-7H2,1-2H3. The van der Waals surface area contributed by atoms with Gasteiger partial charge in [-0.1, -0.05) is 0 Å². The number of aliphatic hydroxyl groups is 2. The lowest BCUT2D eigenvalue weighted by molar-refractivity contribution is -0.0928. The predicted octanol–water partition coefficient (Wildman–Crippen LogP) is -0.550. The summed E-state index contributed by atoms with van der Waals surface area (Å²) in [6, 6.07) is 0. The van der Waals surface area contributed by atoms with Gasteiger partial charge < -0.3 is 14.9 Å². The number of nitrogens with zero attached hydrogens (tertiary/aromatic N) is 1. The topological polar surface area (TPSA) is 52.9 Å². The van der Waals surface area contributed by atoms with E-state index in [9.17, 15) is 10.2 Å². The summed E-state index contributed by atoms with van der Waals surface area (Å²) in [5, 5.41) is 18.5. The minimum absolute atomic E-state index is 0.0692. The highest BCUT2D eigenvalue weighted by molar-refractivity contribution is 4.88. The highest BCUT2D eigenvalue weighted by atomic mass is 16.5. The monoisotopic (exact) mass is 189 g/mol. The van der Waals surface area contributed by atoms with Crippen LogP contribution in [-0.4, -0.2) is 59.7 Å².